The van der Waals surface area contributed by atoms with Crippen molar-refractivity contribution >= 4 is 62.5 Å². The summed E-state index contributed by atoms with van der Waals surface area (Å²) >= 11 is 7.49. The highest BCUT2D eigenvalue weighted by molar-refractivity contribution is 7.91. The first kappa shape index (κ1) is 32.9. The van der Waals surface area contributed by atoms with Gasteiger partial charge in [0.15, 0.2) is 16.4 Å². The number of rotatable bonds is 12. The van der Waals surface area contributed by atoms with Gasteiger partial charge < -0.3 is 15.2 Å². The molecule has 3 aromatic carbocycles. The van der Waals surface area contributed by atoms with Crippen LogP contribution in [0.4, 0.5) is 5.69 Å². The van der Waals surface area contributed by atoms with Crippen LogP contribution in [0.5, 0.6) is 5.75 Å². The minimum absolute atomic E-state index is 0.0151. The number of aromatic nitrogens is 1. The van der Waals surface area contributed by atoms with Crippen molar-refractivity contribution in [2.75, 3.05) is 17.7 Å². The molecule has 4 aromatic rings. The first-order valence-corrected chi connectivity index (χ1v) is 16.7. The van der Waals surface area contributed by atoms with Crippen LogP contribution in [-0.4, -0.2) is 42.7 Å². The molecule has 1 heterocycles. The highest BCUT2D eigenvalue weighted by Gasteiger charge is 2.17. The van der Waals surface area contributed by atoms with E-state index in [-0.39, 0.29) is 27.5 Å². The van der Waals surface area contributed by atoms with Crippen LogP contribution in [0.3, 0.4) is 0 Å². The standard InChI is InChI=1S/C33H33ClN2O6S2/c1-33(2,3)29-20-35-30(43-29)16-10-22-6-4-8-24(18-22)32(39)36-27-19-23(9-15-28(27)42-21-31(37)38)7-5-17-44(40,41)26-13-11-25(34)12-14-26/h4,6,8-16,18-20H,5,7,17,21H2,1-3H3,(H,36,39)(H,37,38)/b16-10+. The molecule has 0 saturated carbocycles. The Labute approximate surface area is 266 Å². The van der Waals surface area contributed by atoms with E-state index in [1.807, 2.05) is 24.4 Å². The minimum atomic E-state index is -3.50. The van der Waals surface area contributed by atoms with Crippen LogP contribution in [0.1, 0.15) is 58.6 Å². The summed E-state index contributed by atoms with van der Waals surface area (Å²) in [7, 11) is -3.50. The molecule has 0 saturated heterocycles. The van der Waals surface area contributed by atoms with Crippen LogP contribution in [0.2, 0.25) is 5.02 Å². The van der Waals surface area contributed by atoms with Gasteiger partial charge in [0.25, 0.3) is 5.91 Å². The van der Waals surface area contributed by atoms with Gasteiger partial charge in [0.05, 0.1) is 16.3 Å². The highest BCUT2D eigenvalue weighted by atomic mass is 35.5. The van der Waals surface area contributed by atoms with Crippen LogP contribution < -0.4 is 10.1 Å². The van der Waals surface area contributed by atoms with Crippen molar-refractivity contribution in [3.63, 3.8) is 0 Å². The van der Waals surface area contributed by atoms with Gasteiger partial charge in [0.2, 0.25) is 0 Å². The number of carbonyl (C=O) groups excluding carboxylic acids is 1. The molecule has 11 heteroatoms. The van der Waals surface area contributed by atoms with Gasteiger partial charge in [-0.2, -0.15) is 0 Å². The molecular formula is C33H33ClN2O6S2. The molecule has 0 spiro atoms. The molecule has 1 aromatic heterocycles. The number of nitrogens with zero attached hydrogens (tertiary/aromatic N) is 1. The number of ether oxygens (including phenoxy) is 1. The van der Waals surface area contributed by atoms with E-state index in [0.29, 0.717) is 23.4 Å². The summed E-state index contributed by atoms with van der Waals surface area (Å²) in [4.78, 5) is 30.3. The molecule has 0 aliphatic rings. The molecule has 0 atom stereocenters. The van der Waals surface area contributed by atoms with E-state index in [0.717, 1.165) is 16.1 Å². The number of nitrogens with one attached hydrogen (secondary N) is 1. The van der Waals surface area contributed by atoms with Crippen molar-refractivity contribution < 1.29 is 27.9 Å². The Hall–Kier alpha value is -3.99. The number of carboxylic acids is 1. The maximum absolute atomic E-state index is 13.3. The minimum Gasteiger partial charge on any atom is -0.480 e. The summed E-state index contributed by atoms with van der Waals surface area (Å²) in [6, 6.07) is 18.1. The molecule has 0 fully saturated rings. The van der Waals surface area contributed by atoms with Gasteiger partial charge >= 0.3 is 5.97 Å². The number of amides is 1. The van der Waals surface area contributed by atoms with Crippen LogP contribution in [-0.2, 0) is 26.5 Å². The SMILES string of the molecule is CC(C)(C)c1cnc(/C=C/c2cccc(C(=O)Nc3cc(CCCS(=O)(=O)c4ccc(Cl)cc4)ccc3OCC(=O)O)c2)s1. The first-order chi connectivity index (χ1) is 20.8. The topological polar surface area (TPSA) is 123 Å². The lowest BCUT2D eigenvalue weighted by molar-refractivity contribution is -0.139. The Kier molecular flexibility index (Phi) is 10.6. The van der Waals surface area contributed by atoms with Crippen LogP contribution >= 0.6 is 22.9 Å². The van der Waals surface area contributed by atoms with Crippen molar-refractivity contribution in [2.45, 2.75) is 43.9 Å². The second kappa shape index (κ2) is 14.2. The Morgan fingerprint density at radius 1 is 1.05 bits per heavy atom. The predicted octanol–water partition coefficient (Wildman–Crippen LogP) is 7.39. The number of aliphatic carboxylic acids is 1. The number of aryl methyl sites for hydroxylation is 1. The number of sulfone groups is 1. The summed E-state index contributed by atoms with van der Waals surface area (Å²) < 4.78 is 30.9. The van der Waals surface area contributed by atoms with Gasteiger partial charge in [0.1, 0.15) is 10.8 Å². The van der Waals surface area contributed by atoms with Gasteiger partial charge in [-0.3, -0.25) is 4.79 Å². The number of hydrogen-bond acceptors (Lipinski definition) is 7. The number of halogens is 1. The molecule has 2 N–H and O–H groups in total. The number of carboxylic acid groups (broad SMARTS) is 1. The summed E-state index contributed by atoms with van der Waals surface area (Å²) in [5, 5.41) is 13.2. The zero-order valence-corrected chi connectivity index (χ0v) is 26.9. The van der Waals surface area contributed by atoms with Gasteiger partial charge in [-0.05, 0) is 84.0 Å². The van der Waals surface area contributed by atoms with Crippen molar-refractivity contribution in [2.24, 2.45) is 0 Å². The number of thiazole rings is 1. The molecule has 0 aliphatic heterocycles. The fraction of sp³-hybridized carbons (Fsp3) is 0.242. The maximum atomic E-state index is 13.3. The molecule has 44 heavy (non-hydrogen) atoms. The monoisotopic (exact) mass is 652 g/mol. The highest BCUT2D eigenvalue weighted by Crippen LogP contribution is 2.29. The fourth-order valence-electron chi connectivity index (χ4n) is 4.18. The lowest BCUT2D eigenvalue weighted by Crippen LogP contribution is -2.15. The molecule has 1 amide bonds. The average molecular weight is 653 g/mol. The van der Waals surface area contributed by atoms with Crippen molar-refractivity contribution in [1.29, 1.82) is 0 Å². The number of hydrogen-bond donors (Lipinski definition) is 2. The van der Waals surface area contributed by atoms with E-state index in [1.54, 1.807) is 47.7 Å². The van der Waals surface area contributed by atoms with Crippen molar-refractivity contribution in [3.05, 3.63) is 105 Å². The Morgan fingerprint density at radius 3 is 2.48 bits per heavy atom. The second-order valence-corrected chi connectivity index (χ2v) is 14.7. The molecule has 0 unspecified atom stereocenters. The third-order valence-electron chi connectivity index (χ3n) is 6.52. The first-order valence-electron chi connectivity index (χ1n) is 13.8. The fourth-order valence-corrected chi connectivity index (χ4v) is 6.49. The molecule has 4 rings (SSSR count). The zero-order valence-electron chi connectivity index (χ0n) is 24.5. The van der Waals surface area contributed by atoms with Crippen LogP contribution in [0, 0.1) is 0 Å². The van der Waals surface area contributed by atoms with Crippen LogP contribution in [0.25, 0.3) is 12.2 Å². The second-order valence-electron chi connectivity index (χ2n) is 11.1. The summed E-state index contributed by atoms with van der Waals surface area (Å²) in [6.45, 7) is 5.82. The van der Waals surface area contributed by atoms with E-state index in [9.17, 15) is 18.0 Å². The molecule has 0 aliphatic carbocycles. The third kappa shape index (κ3) is 9.25. The lowest BCUT2D eigenvalue weighted by Gasteiger charge is -2.14. The van der Waals surface area contributed by atoms with E-state index >= 15 is 0 Å². The van der Waals surface area contributed by atoms with Crippen molar-refractivity contribution in [3.8, 4) is 5.75 Å². The summed E-state index contributed by atoms with van der Waals surface area (Å²) in [5.74, 6) is -1.46. The van der Waals surface area contributed by atoms with Gasteiger partial charge in [0, 0.05) is 21.7 Å². The Bertz CT molecular complexity index is 1770. The Morgan fingerprint density at radius 2 is 1.80 bits per heavy atom. The molecule has 8 nitrogen and oxygen atoms in total. The van der Waals surface area contributed by atoms with E-state index < -0.39 is 28.3 Å². The number of benzene rings is 3. The zero-order chi connectivity index (χ0) is 31.9. The maximum Gasteiger partial charge on any atom is 0.341 e. The normalized spacial score (nSPS) is 11.9. The van der Waals surface area contributed by atoms with Gasteiger partial charge in [-0.1, -0.05) is 56.6 Å². The number of carbonyl (C=O) groups is 2. The van der Waals surface area contributed by atoms with Crippen molar-refractivity contribution in [1.82, 2.24) is 4.98 Å². The predicted molar refractivity (Wildman–Crippen MR) is 176 cm³/mol. The summed E-state index contributed by atoms with van der Waals surface area (Å²) in [6.07, 6.45) is 6.42. The molecule has 0 radical (unpaired) electrons. The lowest BCUT2D eigenvalue weighted by atomic mass is 9.96. The van der Waals surface area contributed by atoms with Gasteiger partial charge in [-0.15, -0.1) is 11.3 Å². The molecule has 230 valence electrons. The van der Waals surface area contributed by atoms with Gasteiger partial charge in [-0.25, -0.2) is 18.2 Å². The van der Waals surface area contributed by atoms with E-state index in [1.165, 1.54) is 29.1 Å². The smallest absolute Gasteiger partial charge is 0.341 e. The molecule has 0 bridgehead atoms. The third-order valence-corrected chi connectivity index (χ3v) is 9.98. The van der Waals surface area contributed by atoms with E-state index in [2.05, 4.69) is 31.1 Å². The molecular weight excluding hydrogens is 620 g/mol. The summed E-state index contributed by atoms with van der Waals surface area (Å²) in [5.41, 5.74) is 2.26. The number of anilines is 1. The quantitative estimate of drug-likeness (QED) is 0.164. The largest absolute Gasteiger partial charge is 0.480 e. The average Bonchev–Trinajstić information content (AvgIpc) is 3.46. The van der Waals surface area contributed by atoms with E-state index in [4.69, 9.17) is 21.4 Å². The van der Waals surface area contributed by atoms with Crippen LogP contribution in [0.15, 0.2) is 77.8 Å². The Balaban J connectivity index is 1.47.